The maximum absolute atomic E-state index is 13.2. The summed E-state index contributed by atoms with van der Waals surface area (Å²) in [6.07, 6.45) is 8.15. The third-order valence-electron chi connectivity index (χ3n) is 5.84. The van der Waals surface area contributed by atoms with E-state index in [2.05, 4.69) is 10.6 Å². The molecule has 1 saturated heterocycles. The monoisotopic (exact) mass is 393 g/mol. The van der Waals surface area contributed by atoms with Gasteiger partial charge in [0.05, 0.1) is 0 Å². The lowest BCUT2D eigenvalue weighted by atomic mass is 9.93. The number of rotatable bonds is 6. The van der Waals surface area contributed by atoms with E-state index in [9.17, 15) is 18.4 Å². The number of urea groups is 1. The minimum absolute atomic E-state index is 0.120. The molecule has 2 fully saturated rings. The van der Waals surface area contributed by atoms with E-state index < -0.39 is 11.6 Å². The number of benzene rings is 1. The van der Waals surface area contributed by atoms with Gasteiger partial charge in [-0.2, -0.15) is 0 Å². The fourth-order valence-electron chi connectivity index (χ4n) is 4.22. The predicted octanol–water partition coefficient (Wildman–Crippen LogP) is 4.30. The van der Waals surface area contributed by atoms with E-state index in [1.807, 2.05) is 0 Å². The van der Waals surface area contributed by atoms with Gasteiger partial charge in [0.1, 0.15) is 11.6 Å². The van der Waals surface area contributed by atoms with Crippen LogP contribution in [0.5, 0.6) is 0 Å². The Morgan fingerprint density at radius 3 is 2.25 bits per heavy atom. The molecule has 0 unspecified atom stereocenters. The van der Waals surface area contributed by atoms with Crippen LogP contribution in [0, 0.1) is 23.5 Å². The van der Waals surface area contributed by atoms with Crippen molar-refractivity contribution in [2.45, 2.75) is 51.4 Å². The van der Waals surface area contributed by atoms with Crippen molar-refractivity contribution in [1.82, 2.24) is 10.2 Å². The van der Waals surface area contributed by atoms with Gasteiger partial charge in [-0.25, -0.2) is 13.6 Å². The van der Waals surface area contributed by atoms with Crippen LogP contribution >= 0.6 is 0 Å². The fourth-order valence-corrected chi connectivity index (χ4v) is 4.22. The average molecular weight is 393 g/mol. The summed E-state index contributed by atoms with van der Waals surface area (Å²) in [5.41, 5.74) is 0.120. The van der Waals surface area contributed by atoms with E-state index in [0.717, 1.165) is 37.5 Å². The van der Waals surface area contributed by atoms with E-state index in [4.69, 9.17) is 0 Å². The Labute approximate surface area is 164 Å². The molecule has 7 heteroatoms. The Balaban J connectivity index is 1.33. The Kier molecular flexibility index (Phi) is 7.23. The molecule has 0 radical (unpaired) electrons. The van der Waals surface area contributed by atoms with Gasteiger partial charge in [-0.1, -0.05) is 12.8 Å². The SMILES string of the molecule is O=C(CC1CCCC1)NCCC1CCN(C(=O)Nc2cc(F)cc(F)c2)CC1. The van der Waals surface area contributed by atoms with Crippen molar-refractivity contribution in [3.05, 3.63) is 29.8 Å². The van der Waals surface area contributed by atoms with Crippen molar-refractivity contribution in [1.29, 1.82) is 0 Å². The number of anilines is 1. The quantitative estimate of drug-likeness (QED) is 0.757. The van der Waals surface area contributed by atoms with Crippen molar-refractivity contribution in [2.75, 3.05) is 25.0 Å². The van der Waals surface area contributed by atoms with Gasteiger partial charge in [0.15, 0.2) is 0 Å². The zero-order valence-electron chi connectivity index (χ0n) is 16.2. The number of nitrogens with one attached hydrogen (secondary N) is 2. The molecule has 1 aromatic rings. The molecular weight excluding hydrogens is 364 g/mol. The standard InChI is InChI=1S/C21H29F2N3O2/c22-17-12-18(23)14-19(13-17)25-21(28)26-9-6-15(7-10-26)5-8-24-20(27)11-16-3-1-2-4-16/h12-16H,1-11H2,(H,24,27)(H,25,28). The molecule has 28 heavy (non-hydrogen) atoms. The largest absolute Gasteiger partial charge is 0.356 e. The minimum atomic E-state index is -0.719. The van der Waals surface area contributed by atoms with Gasteiger partial charge in [-0.05, 0) is 56.1 Å². The van der Waals surface area contributed by atoms with Gasteiger partial charge in [-0.15, -0.1) is 0 Å². The van der Waals surface area contributed by atoms with Crippen molar-refractivity contribution in [3.63, 3.8) is 0 Å². The van der Waals surface area contributed by atoms with Crippen LogP contribution in [-0.4, -0.2) is 36.5 Å². The van der Waals surface area contributed by atoms with Crippen LogP contribution in [-0.2, 0) is 4.79 Å². The topological polar surface area (TPSA) is 61.4 Å². The predicted molar refractivity (Wildman–Crippen MR) is 104 cm³/mol. The number of likely N-dealkylation sites (tertiary alicyclic amines) is 1. The van der Waals surface area contributed by atoms with Gasteiger partial charge in [0.25, 0.3) is 0 Å². The highest BCUT2D eigenvalue weighted by molar-refractivity contribution is 5.89. The first kappa shape index (κ1) is 20.6. The lowest BCUT2D eigenvalue weighted by molar-refractivity contribution is -0.122. The highest BCUT2D eigenvalue weighted by Crippen LogP contribution is 2.27. The summed E-state index contributed by atoms with van der Waals surface area (Å²) in [6, 6.07) is 2.63. The molecule has 154 valence electrons. The molecule has 1 heterocycles. The third kappa shape index (κ3) is 6.17. The van der Waals surface area contributed by atoms with Gasteiger partial charge >= 0.3 is 6.03 Å². The summed E-state index contributed by atoms with van der Waals surface area (Å²) in [6.45, 7) is 1.89. The van der Waals surface area contributed by atoms with E-state index in [0.29, 0.717) is 37.9 Å². The molecular formula is C21H29F2N3O2. The van der Waals surface area contributed by atoms with Crippen LogP contribution in [0.25, 0.3) is 0 Å². The van der Waals surface area contributed by atoms with Crippen molar-refractivity contribution in [2.24, 2.45) is 11.8 Å². The maximum atomic E-state index is 13.2. The molecule has 1 aliphatic heterocycles. The Bertz CT molecular complexity index is 664. The highest BCUT2D eigenvalue weighted by Gasteiger charge is 2.23. The fraction of sp³-hybridized carbons (Fsp3) is 0.619. The number of carbonyl (C=O) groups is 2. The Hall–Kier alpha value is -2.18. The normalized spacial score (nSPS) is 18.3. The molecule has 1 aliphatic carbocycles. The molecule has 0 aromatic heterocycles. The molecule has 1 saturated carbocycles. The highest BCUT2D eigenvalue weighted by atomic mass is 19.1. The minimum Gasteiger partial charge on any atom is -0.356 e. The van der Waals surface area contributed by atoms with Crippen molar-refractivity contribution >= 4 is 17.6 Å². The molecule has 2 N–H and O–H groups in total. The number of hydrogen-bond acceptors (Lipinski definition) is 2. The second-order valence-corrected chi connectivity index (χ2v) is 8.01. The smallest absolute Gasteiger partial charge is 0.321 e. The van der Waals surface area contributed by atoms with Gasteiger partial charge < -0.3 is 15.5 Å². The molecule has 1 aromatic carbocycles. The van der Waals surface area contributed by atoms with E-state index in [1.165, 1.54) is 25.7 Å². The van der Waals surface area contributed by atoms with E-state index in [-0.39, 0.29) is 17.6 Å². The Morgan fingerprint density at radius 1 is 0.964 bits per heavy atom. The molecule has 2 aliphatic rings. The summed E-state index contributed by atoms with van der Waals surface area (Å²) < 4.78 is 26.5. The molecule has 0 bridgehead atoms. The summed E-state index contributed by atoms with van der Waals surface area (Å²) in [7, 11) is 0. The number of halogens is 2. The number of piperidine rings is 1. The molecule has 3 amide bonds. The maximum Gasteiger partial charge on any atom is 0.321 e. The van der Waals surface area contributed by atoms with Gasteiger partial charge in [-0.3, -0.25) is 4.79 Å². The molecule has 0 atom stereocenters. The lowest BCUT2D eigenvalue weighted by Crippen LogP contribution is -2.41. The number of carbonyl (C=O) groups excluding carboxylic acids is 2. The first-order valence-corrected chi connectivity index (χ1v) is 10.3. The van der Waals surface area contributed by atoms with Crippen LogP contribution in [0.1, 0.15) is 51.4 Å². The van der Waals surface area contributed by atoms with Crippen LogP contribution in [0.2, 0.25) is 0 Å². The lowest BCUT2D eigenvalue weighted by Gasteiger charge is -2.32. The Morgan fingerprint density at radius 2 is 1.61 bits per heavy atom. The van der Waals surface area contributed by atoms with Crippen LogP contribution in [0.4, 0.5) is 19.3 Å². The summed E-state index contributed by atoms with van der Waals surface area (Å²) in [4.78, 5) is 25.9. The second-order valence-electron chi connectivity index (χ2n) is 8.01. The summed E-state index contributed by atoms with van der Waals surface area (Å²) >= 11 is 0. The zero-order chi connectivity index (χ0) is 19.9. The van der Waals surface area contributed by atoms with Gasteiger partial charge in [0, 0.05) is 37.8 Å². The van der Waals surface area contributed by atoms with Crippen molar-refractivity contribution in [3.8, 4) is 0 Å². The number of nitrogens with zero attached hydrogens (tertiary/aromatic N) is 1. The molecule has 0 spiro atoms. The van der Waals surface area contributed by atoms with Crippen LogP contribution in [0.15, 0.2) is 18.2 Å². The first-order chi connectivity index (χ1) is 13.5. The number of amides is 3. The summed E-state index contributed by atoms with van der Waals surface area (Å²) in [5.74, 6) is -0.241. The molecule has 3 rings (SSSR count). The van der Waals surface area contributed by atoms with E-state index in [1.54, 1.807) is 4.90 Å². The van der Waals surface area contributed by atoms with Crippen molar-refractivity contribution < 1.29 is 18.4 Å². The first-order valence-electron chi connectivity index (χ1n) is 10.3. The summed E-state index contributed by atoms with van der Waals surface area (Å²) in [5, 5.41) is 5.58. The van der Waals surface area contributed by atoms with E-state index >= 15 is 0 Å². The zero-order valence-corrected chi connectivity index (χ0v) is 16.2. The second kappa shape index (κ2) is 9.85. The van der Waals surface area contributed by atoms with Crippen LogP contribution in [0.3, 0.4) is 0 Å². The average Bonchev–Trinajstić information content (AvgIpc) is 3.14. The number of hydrogen-bond donors (Lipinski definition) is 2. The molecule has 5 nitrogen and oxygen atoms in total. The van der Waals surface area contributed by atoms with Gasteiger partial charge in [0.2, 0.25) is 5.91 Å². The third-order valence-corrected chi connectivity index (χ3v) is 5.84. The van der Waals surface area contributed by atoms with Crippen LogP contribution < -0.4 is 10.6 Å².